The van der Waals surface area contributed by atoms with Crippen LogP contribution in [0, 0.1) is 18.3 Å². The number of carbonyl (C=O) groups excluding carboxylic acids is 1. The van der Waals surface area contributed by atoms with Crippen molar-refractivity contribution in [3.05, 3.63) is 59.7 Å². The minimum absolute atomic E-state index is 0. The van der Waals surface area contributed by atoms with Gasteiger partial charge in [-0.1, -0.05) is 36.4 Å². The van der Waals surface area contributed by atoms with Gasteiger partial charge in [0.05, 0.1) is 5.69 Å². The Labute approximate surface area is 167 Å². The molecule has 27 heavy (non-hydrogen) atoms. The summed E-state index contributed by atoms with van der Waals surface area (Å²) in [6.45, 7) is 4.58. The van der Waals surface area contributed by atoms with E-state index in [2.05, 4.69) is 10.6 Å². The number of aryl methyl sites for hydroxylation is 1. The van der Waals surface area contributed by atoms with Crippen molar-refractivity contribution in [1.29, 1.82) is 0 Å². The molecule has 4 rings (SSSR count). The second-order valence-electron chi connectivity index (χ2n) is 7.63. The van der Waals surface area contributed by atoms with Crippen LogP contribution in [0.3, 0.4) is 0 Å². The number of ether oxygens (including phenoxy) is 1. The minimum Gasteiger partial charge on any atom is -0.487 e. The minimum atomic E-state index is 0. The van der Waals surface area contributed by atoms with E-state index < -0.39 is 0 Å². The number of benzene rings is 2. The number of piperidine rings is 1. The number of hydrogen-bond donors (Lipinski definition) is 2. The first-order chi connectivity index (χ1) is 12.7. The predicted molar refractivity (Wildman–Crippen MR) is 110 cm³/mol. The summed E-state index contributed by atoms with van der Waals surface area (Å²) in [5.74, 6) is 1.02. The molecule has 1 saturated carbocycles. The van der Waals surface area contributed by atoms with Crippen LogP contribution in [-0.2, 0) is 11.4 Å². The summed E-state index contributed by atoms with van der Waals surface area (Å²) in [6.07, 6.45) is 3.24. The van der Waals surface area contributed by atoms with Gasteiger partial charge in [-0.25, -0.2) is 0 Å². The lowest BCUT2D eigenvalue weighted by atomic mass is 9.92. The Kier molecular flexibility index (Phi) is 6.08. The third kappa shape index (κ3) is 4.45. The highest BCUT2D eigenvalue weighted by molar-refractivity contribution is 5.96. The molecule has 0 radical (unpaired) electrons. The van der Waals surface area contributed by atoms with Gasteiger partial charge in [-0.2, -0.15) is 0 Å². The average molecular weight is 387 g/mol. The normalized spacial score (nSPS) is 19.8. The molecule has 1 unspecified atom stereocenters. The van der Waals surface area contributed by atoms with Gasteiger partial charge in [0, 0.05) is 5.92 Å². The lowest BCUT2D eigenvalue weighted by Crippen LogP contribution is -2.31. The highest BCUT2D eigenvalue weighted by Gasteiger charge is 2.57. The second kappa shape index (κ2) is 8.32. The largest absolute Gasteiger partial charge is 0.487 e. The van der Waals surface area contributed by atoms with Crippen LogP contribution in [0.25, 0.3) is 0 Å². The zero-order valence-corrected chi connectivity index (χ0v) is 16.5. The lowest BCUT2D eigenvalue weighted by molar-refractivity contribution is -0.118. The van der Waals surface area contributed by atoms with E-state index in [-0.39, 0.29) is 29.6 Å². The van der Waals surface area contributed by atoms with Crippen LogP contribution in [0.4, 0.5) is 5.69 Å². The van der Waals surface area contributed by atoms with Crippen molar-refractivity contribution < 1.29 is 9.53 Å². The smallest absolute Gasteiger partial charge is 0.228 e. The van der Waals surface area contributed by atoms with Crippen molar-refractivity contribution >= 4 is 24.0 Å². The Hall–Kier alpha value is -2.04. The molecule has 144 valence electrons. The van der Waals surface area contributed by atoms with E-state index in [4.69, 9.17) is 4.74 Å². The number of rotatable bonds is 5. The molecule has 2 aliphatic rings. The molecule has 1 aliphatic carbocycles. The molecule has 1 spiro atoms. The van der Waals surface area contributed by atoms with Crippen molar-refractivity contribution in [2.24, 2.45) is 11.3 Å². The van der Waals surface area contributed by atoms with Crippen LogP contribution < -0.4 is 15.4 Å². The molecular formula is C22H27ClN2O2. The first-order valence-electron chi connectivity index (χ1n) is 9.45. The summed E-state index contributed by atoms with van der Waals surface area (Å²) < 4.78 is 6.02. The van der Waals surface area contributed by atoms with E-state index in [1.54, 1.807) is 0 Å². The zero-order valence-electron chi connectivity index (χ0n) is 15.7. The molecule has 1 atom stereocenters. The fourth-order valence-electron chi connectivity index (χ4n) is 4.00. The van der Waals surface area contributed by atoms with Crippen LogP contribution in [0.5, 0.6) is 5.75 Å². The maximum Gasteiger partial charge on any atom is 0.228 e. The van der Waals surface area contributed by atoms with Gasteiger partial charge < -0.3 is 15.4 Å². The van der Waals surface area contributed by atoms with Gasteiger partial charge >= 0.3 is 0 Å². The van der Waals surface area contributed by atoms with E-state index in [1.165, 1.54) is 0 Å². The molecule has 4 nitrogen and oxygen atoms in total. The summed E-state index contributed by atoms with van der Waals surface area (Å²) in [7, 11) is 0. The molecule has 2 N–H and O–H groups in total. The number of amides is 1. The molecule has 2 aromatic rings. The summed E-state index contributed by atoms with van der Waals surface area (Å²) in [5, 5.41) is 6.51. The first-order valence-corrected chi connectivity index (χ1v) is 9.45. The van der Waals surface area contributed by atoms with Crippen molar-refractivity contribution in [3.8, 4) is 5.75 Å². The van der Waals surface area contributed by atoms with Gasteiger partial charge in [-0.3, -0.25) is 4.79 Å². The summed E-state index contributed by atoms with van der Waals surface area (Å²) >= 11 is 0. The van der Waals surface area contributed by atoms with Crippen LogP contribution in [-0.4, -0.2) is 19.0 Å². The highest BCUT2D eigenvalue weighted by atomic mass is 35.5. The maximum absolute atomic E-state index is 12.8. The van der Waals surface area contributed by atoms with Gasteiger partial charge in [-0.05, 0) is 68.0 Å². The van der Waals surface area contributed by atoms with E-state index in [0.29, 0.717) is 6.61 Å². The third-order valence-electron chi connectivity index (χ3n) is 5.74. The van der Waals surface area contributed by atoms with Crippen molar-refractivity contribution in [2.75, 3.05) is 18.4 Å². The molecule has 2 fully saturated rings. The molecule has 1 saturated heterocycles. The highest BCUT2D eigenvalue weighted by Crippen LogP contribution is 2.58. The summed E-state index contributed by atoms with van der Waals surface area (Å²) in [5.41, 5.74) is 3.24. The van der Waals surface area contributed by atoms with E-state index in [9.17, 15) is 4.79 Å². The maximum atomic E-state index is 12.8. The van der Waals surface area contributed by atoms with E-state index >= 15 is 0 Å². The Balaban J connectivity index is 0.00000210. The van der Waals surface area contributed by atoms with Crippen LogP contribution in [0.15, 0.2) is 48.5 Å². The molecule has 0 bridgehead atoms. The molecule has 5 heteroatoms. The summed E-state index contributed by atoms with van der Waals surface area (Å²) in [4.78, 5) is 12.8. The standard InChI is InChI=1S/C22H26N2O2.ClH/c1-16-7-8-19(20(13-16)26-15-17-5-3-2-4-6-17)24-21(25)18-14-22(18)9-11-23-12-10-22;/h2-8,13,18,23H,9-12,14-15H2,1H3,(H,24,25);1H. The number of anilines is 1. The number of hydrogen-bond acceptors (Lipinski definition) is 3. The fourth-order valence-corrected chi connectivity index (χ4v) is 4.00. The van der Waals surface area contributed by atoms with Crippen LogP contribution in [0.1, 0.15) is 30.4 Å². The second-order valence-corrected chi connectivity index (χ2v) is 7.63. The molecule has 2 aromatic carbocycles. The first kappa shape index (κ1) is 19.7. The zero-order chi connectivity index (χ0) is 18.0. The van der Waals surface area contributed by atoms with Crippen molar-refractivity contribution in [2.45, 2.75) is 32.8 Å². The molecule has 1 aliphatic heterocycles. The molecule has 1 heterocycles. The van der Waals surface area contributed by atoms with Gasteiger partial charge in [0.2, 0.25) is 5.91 Å². The van der Waals surface area contributed by atoms with Crippen molar-refractivity contribution in [3.63, 3.8) is 0 Å². The lowest BCUT2D eigenvalue weighted by Gasteiger charge is -2.23. The average Bonchev–Trinajstić information content (AvgIpc) is 3.36. The van der Waals surface area contributed by atoms with Gasteiger partial charge in [0.25, 0.3) is 0 Å². The summed E-state index contributed by atoms with van der Waals surface area (Å²) in [6, 6.07) is 16.0. The fraction of sp³-hybridized carbons (Fsp3) is 0.409. The number of nitrogens with one attached hydrogen (secondary N) is 2. The number of carbonyl (C=O) groups is 1. The molecule has 0 aromatic heterocycles. The SMILES string of the molecule is Cc1ccc(NC(=O)C2CC23CCNCC3)c(OCc2ccccc2)c1.Cl. The van der Waals surface area contributed by atoms with Gasteiger partial charge in [0.1, 0.15) is 12.4 Å². The van der Waals surface area contributed by atoms with Crippen molar-refractivity contribution in [1.82, 2.24) is 5.32 Å². The quantitative estimate of drug-likeness (QED) is 0.804. The Bertz CT molecular complexity index is 788. The third-order valence-corrected chi connectivity index (χ3v) is 5.74. The van der Waals surface area contributed by atoms with Gasteiger partial charge in [-0.15, -0.1) is 12.4 Å². The predicted octanol–water partition coefficient (Wildman–Crippen LogP) is 4.32. The van der Waals surface area contributed by atoms with Gasteiger partial charge in [0.15, 0.2) is 0 Å². The van der Waals surface area contributed by atoms with E-state index in [0.717, 1.165) is 54.9 Å². The Morgan fingerprint density at radius 2 is 1.93 bits per heavy atom. The Morgan fingerprint density at radius 1 is 1.19 bits per heavy atom. The Morgan fingerprint density at radius 3 is 2.67 bits per heavy atom. The molecular weight excluding hydrogens is 360 g/mol. The molecule has 1 amide bonds. The monoisotopic (exact) mass is 386 g/mol. The number of halogens is 1. The van der Waals surface area contributed by atoms with Crippen LogP contribution in [0.2, 0.25) is 0 Å². The topological polar surface area (TPSA) is 50.4 Å². The van der Waals surface area contributed by atoms with E-state index in [1.807, 2.05) is 55.5 Å². The van der Waals surface area contributed by atoms with Crippen LogP contribution >= 0.6 is 12.4 Å².